The molecule has 0 unspecified atom stereocenters. The molecule has 1 aliphatic heterocycles. The molecule has 0 atom stereocenters. The Balaban J connectivity index is 2.02. The fourth-order valence-electron chi connectivity index (χ4n) is 2.79. The second kappa shape index (κ2) is 7.89. The molecule has 1 heterocycles. The van der Waals surface area contributed by atoms with Crippen molar-refractivity contribution in [2.45, 2.75) is 12.7 Å². The quantitative estimate of drug-likeness (QED) is 0.539. The topological polar surface area (TPSA) is 83.8 Å². The zero-order valence-electron chi connectivity index (χ0n) is 14.2. The van der Waals surface area contributed by atoms with Crippen molar-refractivity contribution < 1.29 is 26.5 Å². The van der Waals surface area contributed by atoms with Gasteiger partial charge in [0, 0.05) is 57.7 Å². The second-order valence-electron chi connectivity index (χ2n) is 6.34. The Morgan fingerprint density at radius 2 is 1.73 bits per heavy atom. The summed E-state index contributed by atoms with van der Waals surface area (Å²) in [5.41, 5.74) is -1.59. The number of hydrogen-bond donors (Lipinski definition) is 0. The molecule has 1 aliphatic rings. The number of halogens is 3. The molecular weight excluding hydrogens is 375 g/mol. The summed E-state index contributed by atoms with van der Waals surface area (Å²) in [6.07, 6.45) is -3.50. The molecule has 0 aromatic heterocycles. The first-order valence-corrected chi connectivity index (χ1v) is 9.99. The minimum Gasteiger partial charge on any atom is -0.300 e. The van der Waals surface area contributed by atoms with Crippen molar-refractivity contribution in [2.75, 3.05) is 44.7 Å². The Kier molecular flexibility index (Phi) is 6.25. The lowest BCUT2D eigenvalue weighted by molar-refractivity contribution is -0.385. The van der Waals surface area contributed by atoms with E-state index in [0.717, 1.165) is 18.4 Å². The van der Waals surface area contributed by atoms with Crippen molar-refractivity contribution in [3.63, 3.8) is 0 Å². The van der Waals surface area contributed by atoms with Crippen LogP contribution in [0.4, 0.5) is 18.9 Å². The number of benzene rings is 1. The minimum atomic E-state index is -4.67. The van der Waals surface area contributed by atoms with Gasteiger partial charge in [-0.2, -0.15) is 13.2 Å². The van der Waals surface area contributed by atoms with Crippen LogP contribution in [0.3, 0.4) is 0 Å². The molecule has 26 heavy (non-hydrogen) atoms. The zero-order chi connectivity index (χ0) is 19.5. The Labute approximate surface area is 149 Å². The standard InChI is InChI=1S/C15H20F3N3O4S/c1-26(24,25)9-8-19-4-6-20(7-5-19)11-12-2-3-13(21(22)23)10-14(12)15(16,17)18/h2-3,10H,4-9,11H2,1H3. The van der Waals surface area contributed by atoms with E-state index in [4.69, 9.17) is 0 Å². The van der Waals surface area contributed by atoms with Crippen molar-refractivity contribution >= 4 is 15.5 Å². The number of rotatable bonds is 6. The third-order valence-corrected chi connectivity index (χ3v) is 5.17. The van der Waals surface area contributed by atoms with Gasteiger partial charge >= 0.3 is 6.18 Å². The zero-order valence-corrected chi connectivity index (χ0v) is 15.0. The first kappa shape index (κ1) is 20.6. The highest BCUT2D eigenvalue weighted by Crippen LogP contribution is 2.35. The van der Waals surface area contributed by atoms with E-state index in [1.165, 1.54) is 0 Å². The van der Waals surface area contributed by atoms with Crippen molar-refractivity contribution in [1.82, 2.24) is 9.80 Å². The molecule has 0 saturated carbocycles. The molecule has 2 rings (SSSR count). The fourth-order valence-corrected chi connectivity index (χ4v) is 3.38. The molecule has 0 aliphatic carbocycles. The molecule has 1 saturated heterocycles. The first-order chi connectivity index (χ1) is 12.0. The van der Waals surface area contributed by atoms with E-state index in [9.17, 15) is 31.7 Å². The van der Waals surface area contributed by atoms with Crippen LogP contribution in [-0.4, -0.2) is 67.9 Å². The maximum absolute atomic E-state index is 13.2. The molecule has 7 nitrogen and oxygen atoms in total. The number of sulfone groups is 1. The van der Waals surface area contributed by atoms with Gasteiger partial charge in [-0.25, -0.2) is 8.42 Å². The van der Waals surface area contributed by atoms with Gasteiger partial charge in [0.25, 0.3) is 5.69 Å². The van der Waals surface area contributed by atoms with Crippen molar-refractivity contribution in [3.05, 3.63) is 39.4 Å². The molecule has 0 N–H and O–H groups in total. The number of non-ortho nitro benzene ring substituents is 1. The van der Waals surface area contributed by atoms with Gasteiger partial charge < -0.3 is 0 Å². The molecule has 0 radical (unpaired) electrons. The van der Waals surface area contributed by atoms with Crippen molar-refractivity contribution in [3.8, 4) is 0 Å². The Morgan fingerprint density at radius 1 is 1.15 bits per heavy atom. The van der Waals surface area contributed by atoms with Crippen LogP contribution in [0, 0.1) is 10.1 Å². The normalized spacial score (nSPS) is 17.4. The number of nitrogens with zero attached hydrogens (tertiary/aromatic N) is 3. The largest absolute Gasteiger partial charge is 0.416 e. The van der Waals surface area contributed by atoms with Crippen LogP contribution in [-0.2, 0) is 22.6 Å². The second-order valence-corrected chi connectivity index (χ2v) is 8.60. The maximum Gasteiger partial charge on any atom is 0.416 e. The van der Waals surface area contributed by atoms with Crippen LogP contribution in [0.15, 0.2) is 18.2 Å². The van der Waals surface area contributed by atoms with Gasteiger partial charge in [0.2, 0.25) is 0 Å². The Hall–Kier alpha value is -1.72. The predicted octanol–water partition coefficient (Wildman–Crippen LogP) is 1.78. The third kappa shape index (κ3) is 5.92. The van der Waals surface area contributed by atoms with Crippen LogP contribution in [0.2, 0.25) is 0 Å². The molecular formula is C15H20F3N3O4S. The van der Waals surface area contributed by atoms with E-state index in [2.05, 4.69) is 0 Å². The van der Waals surface area contributed by atoms with Crippen LogP contribution < -0.4 is 0 Å². The summed E-state index contributed by atoms with van der Waals surface area (Å²) in [4.78, 5) is 13.7. The van der Waals surface area contributed by atoms with Crippen LogP contribution in [0.1, 0.15) is 11.1 Å². The van der Waals surface area contributed by atoms with Gasteiger partial charge in [-0.1, -0.05) is 6.07 Å². The van der Waals surface area contributed by atoms with E-state index < -0.39 is 32.2 Å². The van der Waals surface area contributed by atoms with E-state index in [1.54, 1.807) is 0 Å². The summed E-state index contributed by atoms with van der Waals surface area (Å²) in [5, 5.41) is 10.7. The lowest BCUT2D eigenvalue weighted by Crippen LogP contribution is -2.47. The van der Waals surface area contributed by atoms with Gasteiger partial charge in [-0.05, 0) is 5.56 Å². The highest BCUT2D eigenvalue weighted by molar-refractivity contribution is 7.90. The fraction of sp³-hybridized carbons (Fsp3) is 0.600. The molecule has 0 spiro atoms. The van der Waals surface area contributed by atoms with E-state index in [1.807, 2.05) is 9.80 Å². The SMILES string of the molecule is CS(=O)(=O)CCN1CCN(Cc2ccc([N+](=O)[O-])cc2C(F)(F)F)CC1. The molecule has 1 aromatic rings. The Bertz CT molecular complexity index is 760. The summed E-state index contributed by atoms with van der Waals surface area (Å²) < 4.78 is 62.0. The van der Waals surface area contributed by atoms with E-state index in [-0.39, 0.29) is 17.9 Å². The molecule has 1 fully saturated rings. The number of hydrogen-bond acceptors (Lipinski definition) is 6. The monoisotopic (exact) mass is 395 g/mol. The highest BCUT2D eigenvalue weighted by Gasteiger charge is 2.35. The van der Waals surface area contributed by atoms with Crippen LogP contribution >= 0.6 is 0 Å². The first-order valence-electron chi connectivity index (χ1n) is 7.92. The van der Waals surface area contributed by atoms with Gasteiger partial charge in [0.05, 0.1) is 16.2 Å². The number of alkyl halides is 3. The number of nitro groups is 1. The smallest absolute Gasteiger partial charge is 0.300 e. The molecule has 146 valence electrons. The van der Waals surface area contributed by atoms with Gasteiger partial charge in [0.15, 0.2) is 0 Å². The summed E-state index contributed by atoms with van der Waals surface area (Å²) in [5.74, 6) is 0.0492. The third-order valence-electron chi connectivity index (χ3n) is 4.25. The van der Waals surface area contributed by atoms with Crippen molar-refractivity contribution in [2.24, 2.45) is 0 Å². The number of piperazine rings is 1. The molecule has 1 aromatic carbocycles. The van der Waals surface area contributed by atoms with E-state index in [0.29, 0.717) is 38.8 Å². The predicted molar refractivity (Wildman–Crippen MR) is 89.5 cm³/mol. The average Bonchev–Trinajstić information content (AvgIpc) is 2.52. The summed E-state index contributed by atoms with van der Waals surface area (Å²) in [7, 11) is -3.05. The average molecular weight is 395 g/mol. The van der Waals surface area contributed by atoms with Crippen LogP contribution in [0.5, 0.6) is 0 Å². The summed E-state index contributed by atoms with van der Waals surface area (Å²) in [6.45, 7) is 2.55. The van der Waals surface area contributed by atoms with E-state index >= 15 is 0 Å². The number of nitro benzene ring substituents is 1. The van der Waals surface area contributed by atoms with Gasteiger partial charge in [-0.3, -0.25) is 19.9 Å². The van der Waals surface area contributed by atoms with Crippen molar-refractivity contribution in [1.29, 1.82) is 0 Å². The molecule has 0 bridgehead atoms. The molecule has 11 heteroatoms. The highest BCUT2D eigenvalue weighted by atomic mass is 32.2. The maximum atomic E-state index is 13.2. The lowest BCUT2D eigenvalue weighted by atomic mass is 10.0. The lowest BCUT2D eigenvalue weighted by Gasteiger charge is -2.34. The summed E-state index contributed by atoms with van der Waals surface area (Å²) >= 11 is 0. The Morgan fingerprint density at radius 3 is 2.23 bits per heavy atom. The summed E-state index contributed by atoms with van der Waals surface area (Å²) in [6, 6.07) is 2.79. The van der Waals surface area contributed by atoms with Crippen LogP contribution in [0.25, 0.3) is 0 Å². The molecule has 0 amide bonds. The minimum absolute atomic E-state index is 0.00677. The van der Waals surface area contributed by atoms with Gasteiger partial charge in [-0.15, -0.1) is 0 Å². The van der Waals surface area contributed by atoms with Gasteiger partial charge in [0.1, 0.15) is 9.84 Å².